The average molecular weight is 338 g/mol. The van der Waals surface area contributed by atoms with Crippen molar-refractivity contribution in [3.8, 4) is 0 Å². The third-order valence-electron chi connectivity index (χ3n) is 5.67. The molecule has 1 N–H and O–H groups in total. The summed E-state index contributed by atoms with van der Waals surface area (Å²) in [6.45, 7) is 0.747. The van der Waals surface area contributed by atoms with Gasteiger partial charge in [-0.3, -0.25) is 9.59 Å². The van der Waals surface area contributed by atoms with Crippen molar-refractivity contribution in [1.82, 2.24) is 5.32 Å². The molecule has 2 aliphatic rings. The molecule has 0 radical (unpaired) electrons. The molecule has 0 bridgehead atoms. The van der Waals surface area contributed by atoms with Gasteiger partial charge in [-0.2, -0.15) is 0 Å². The van der Waals surface area contributed by atoms with E-state index in [2.05, 4.69) is 5.32 Å². The van der Waals surface area contributed by atoms with E-state index in [0.717, 1.165) is 18.8 Å². The Morgan fingerprint density at radius 2 is 1.33 bits per heavy atom. The highest BCUT2D eigenvalue weighted by Gasteiger charge is 2.16. The fourth-order valence-electron chi connectivity index (χ4n) is 4.12. The lowest BCUT2D eigenvalue weighted by Gasteiger charge is -2.21. The first-order chi connectivity index (χ1) is 11.7. The Morgan fingerprint density at radius 3 is 1.92 bits per heavy atom. The lowest BCUT2D eigenvalue weighted by atomic mass is 9.86. The Labute approximate surface area is 147 Å². The summed E-state index contributed by atoms with van der Waals surface area (Å²) in [6.07, 6.45) is 16.2. The van der Waals surface area contributed by atoms with Crippen LogP contribution in [-0.2, 0) is 14.3 Å². The Balaban J connectivity index is 1.43. The molecule has 2 rings (SSSR count). The van der Waals surface area contributed by atoms with Gasteiger partial charge in [-0.1, -0.05) is 64.2 Å². The molecule has 0 unspecified atom stereocenters. The zero-order chi connectivity index (χ0) is 17.0. The van der Waals surface area contributed by atoms with Crippen LogP contribution in [0.3, 0.4) is 0 Å². The van der Waals surface area contributed by atoms with Gasteiger partial charge in [0.25, 0.3) is 0 Å². The third-order valence-corrected chi connectivity index (χ3v) is 5.67. The quantitative estimate of drug-likeness (QED) is 0.502. The van der Waals surface area contributed by atoms with Gasteiger partial charge < -0.3 is 10.1 Å². The molecular weight excluding hydrogens is 302 g/mol. The second-order valence-electron chi connectivity index (χ2n) is 7.66. The number of carbonyl (C=O) groups is 2. The Morgan fingerprint density at radius 1 is 0.792 bits per heavy atom. The van der Waals surface area contributed by atoms with Crippen molar-refractivity contribution in [2.45, 2.75) is 89.9 Å². The summed E-state index contributed by atoms with van der Waals surface area (Å²) in [6, 6.07) is 0. The highest BCUT2D eigenvalue weighted by Crippen LogP contribution is 2.28. The molecule has 2 fully saturated rings. The van der Waals surface area contributed by atoms with Crippen LogP contribution in [0.5, 0.6) is 0 Å². The van der Waals surface area contributed by atoms with Gasteiger partial charge in [-0.05, 0) is 24.7 Å². The summed E-state index contributed by atoms with van der Waals surface area (Å²) in [5.74, 6) is 1.43. The number of ether oxygens (including phenoxy) is 1. The van der Waals surface area contributed by atoms with Gasteiger partial charge >= 0.3 is 5.97 Å². The number of amides is 1. The van der Waals surface area contributed by atoms with E-state index in [4.69, 9.17) is 4.74 Å². The van der Waals surface area contributed by atoms with Gasteiger partial charge in [0.2, 0.25) is 5.91 Å². The molecule has 0 atom stereocenters. The predicted molar refractivity (Wildman–Crippen MR) is 95.6 cm³/mol. The van der Waals surface area contributed by atoms with Crippen molar-refractivity contribution in [1.29, 1.82) is 0 Å². The maximum atomic E-state index is 11.8. The predicted octanol–water partition coefficient (Wildman–Crippen LogP) is 4.37. The van der Waals surface area contributed by atoms with Gasteiger partial charge in [-0.15, -0.1) is 0 Å². The molecule has 0 aromatic carbocycles. The lowest BCUT2D eigenvalue weighted by molar-refractivity contribution is -0.144. The molecule has 0 aromatic heterocycles. The van der Waals surface area contributed by atoms with E-state index in [1.165, 1.54) is 64.2 Å². The number of hydrogen-bond donors (Lipinski definition) is 1. The molecule has 24 heavy (non-hydrogen) atoms. The van der Waals surface area contributed by atoms with Gasteiger partial charge in [0.05, 0.1) is 6.54 Å². The van der Waals surface area contributed by atoms with Crippen LogP contribution in [0.4, 0.5) is 0 Å². The van der Waals surface area contributed by atoms with Crippen molar-refractivity contribution in [2.75, 3.05) is 13.2 Å². The van der Waals surface area contributed by atoms with Crippen LogP contribution < -0.4 is 5.32 Å². The highest BCUT2D eigenvalue weighted by molar-refractivity contribution is 5.75. The van der Waals surface area contributed by atoms with Crippen molar-refractivity contribution in [3.05, 3.63) is 0 Å². The lowest BCUT2D eigenvalue weighted by Crippen LogP contribution is -2.28. The average Bonchev–Trinajstić information content (AvgIpc) is 2.63. The molecule has 0 aliphatic heterocycles. The molecule has 2 saturated carbocycles. The van der Waals surface area contributed by atoms with E-state index in [0.29, 0.717) is 31.9 Å². The fraction of sp³-hybridized carbons (Fsp3) is 0.900. The van der Waals surface area contributed by atoms with Gasteiger partial charge in [0, 0.05) is 12.8 Å². The summed E-state index contributed by atoms with van der Waals surface area (Å²) >= 11 is 0. The molecule has 1 amide bonds. The molecule has 0 spiro atoms. The summed E-state index contributed by atoms with van der Waals surface area (Å²) in [5.41, 5.74) is 0. The van der Waals surface area contributed by atoms with Gasteiger partial charge in [0.1, 0.15) is 6.61 Å². The zero-order valence-corrected chi connectivity index (χ0v) is 15.2. The Hall–Kier alpha value is -1.06. The number of nitrogens with one attached hydrogen (secondary N) is 1. The SMILES string of the molecule is O=C(CCC1CCCCC1)NCCOC(=O)CCC1CCCCC1. The van der Waals surface area contributed by atoms with E-state index in [-0.39, 0.29) is 11.9 Å². The first-order valence-corrected chi connectivity index (χ1v) is 10.2. The second-order valence-corrected chi connectivity index (χ2v) is 7.66. The van der Waals surface area contributed by atoms with E-state index in [1.807, 2.05) is 0 Å². The van der Waals surface area contributed by atoms with E-state index >= 15 is 0 Å². The smallest absolute Gasteiger partial charge is 0.305 e. The maximum Gasteiger partial charge on any atom is 0.305 e. The minimum Gasteiger partial charge on any atom is -0.464 e. The van der Waals surface area contributed by atoms with Gasteiger partial charge in [0.15, 0.2) is 0 Å². The minimum absolute atomic E-state index is 0.0961. The van der Waals surface area contributed by atoms with Crippen LogP contribution in [0.25, 0.3) is 0 Å². The van der Waals surface area contributed by atoms with Crippen molar-refractivity contribution >= 4 is 11.9 Å². The summed E-state index contributed by atoms with van der Waals surface area (Å²) in [7, 11) is 0. The molecular formula is C20H35NO3. The van der Waals surface area contributed by atoms with E-state index < -0.39 is 0 Å². The van der Waals surface area contributed by atoms with Crippen LogP contribution in [0.1, 0.15) is 89.9 Å². The largest absolute Gasteiger partial charge is 0.464 e. The number of rotatable bonds is 9. The number of esters is 1. The van der Waals surface area contributed by atoms with Crippen LogP contribution in [0.2, 0.25) is 0 Å². The van der Waals surface area contributed by atoms with Crippen LogP contribution >= 0.6 is 0 Å². The zero-order valence-electron chi connectivity index (χ0n) is 15.2. The maximum absolute atomic E-state index is 11.8. The number of hydrogen-bond acceptors (Lipinski definition) is 3. The molecule has 138 valence electrons. The first kappa shape index (κ1) is 19.3. The van der Waals surface area contributed by atoms with Crippen LogP contribution in [0, 0.1) is 11.8 Å². The summed E-state index contributed by atoms with van der Waals surface area (Å²) < 4.78 is 5.22. The first-order valence-electron chi connectivity index (χ1n) is 10.2. The molecule has 0 saturated heterocycles. The summed E-state index contributed by atoms with van der Waals surface area (Å²) in [4.78, 5) is 23.5. The molecule has 0 heterocycles. The fourth-order valence-corrected chi connectivity index (χ4v) is 4.12. The molecule has 2 aliphatic carbocycles. The van der Waals surface area contributed by atoms with E-state index in [9.17, 15) is 9.59 Å². The monoisotopic (exact) mass is 337 g/mol. The van der Waals surface area contributed by atoms with Crippen LogP contribution in [-0.4, -0.2) is 25.0 Å². The summed E-state index contributed by atoms with van der Waals surface area (Å²) in [5, 5.41) is 2.87. The molecule has 0 aromatic rings. The van der Waals surface area contributed by atoms with Crippen LogP contribution in [0.15, 0.2) is 0 Å². The third kappa shape index (κ3) is 8.16. The topological polar surface area (TPSA) is 55.4 Å². The highest BCUT2D eigenvalue weighted by atomic mass is 16.5. The second kappa shape index (κ2) is 11.5. The van der Waals surface area contributed by atoms with Gasteiger partial charge in [-0.25, -0.2) is 0 Å². The minimum atomic E-state index is -0.114. The van der Waals surface area contributed by atoms with E-state index in [1.54, 1.807) is 0 Å². The van der Waals surface area contributed by atoms with Crippen molar-refractivity contribution in [2.24, 2.45) is 11.8 Å². The normalized spacial score (nSPS) is 19.8. The molecule has 4 nitrogen and oxygen atoms in total. The molecule has 4 heteroatoms. The number of carbonyl (C=O) groups excluding carboxylic acids is 2. The Kier molecular flexibility index (Phi) is 9.22. The van der Waals surface area contributed by atoms with Crippen molar-refractivity contribution in [3.63, 3.8) is 0 Å². The Bertz CT molecular complexity index is 335. The standard InChI is InChI=1S/C20H35NO3/c22-19(13-11-17-7-3-1-4-8-17)21-15-16-24-20(23)14-12-18-9-5-2-6-10-18/h17-18H,1-16H2,(H,21,22). The van der Waals surface area contributed by atoms with Crippen molar-refractivity contribution < 1.29 is 14.3 Å².